The van der Waals surface area contributed by atoms with Crippen molar-refractivity contribution in [1.82, 2.24) is 0 Å². The van der Waals surface area contributed by atoms with Gasteiger partial charge in [0.15, 0.2) is 23.9 Å². The molecule has 1 aliphatic rings. The molecule has 0 amide bonds. The molecular formula is C20H16O7. The molecule has 27 heavy (non-hydrogen) atoms. The van der Waals surface area contributed by atoms with Gasteiger partial charge in [-0.3, -0.25) is 4.79 Å². The first-order chi connectivity index (χ1) is 13.1. The van der Waals surface area contributed by atoms with Gasteiger partial charge in [0.05, 0.1) is 7.11 Å². The molecule has 0 saturated carbocycles. The zero-order chi connectivity index (χ0) is 19.0. The van der Waals surface area contributed by atoms with Crippen LogP contribution in [0.2, 0.25) is 0 Å². The lowest BCUT2D eigenvalue weighted by molar-refractivity contribution is 0.0445. The van der Waals surface area contributed by atoms with Gasteiger partial charge in [-0.05, 0) is 43.3 Å². The van der Waals surface area contributed by atoms with Gasteiger partial charge < -0.3 is 23.4 Å². The minimum Gasteiger partial charge on any atom is -0.497 e. The maximum absolute atomic E-state index is 12.4. The molecule has 0 atom stereocenters. The van der Waals surface area contributed by atoms with Gasteiger partial charge in [-0.25, -0.2) is 4.79 Å². The molecule has 7 nitrogen and oxygen atoms in total. The lowest BCUT2D eigenvalue weighted by atomic mass is 10.1. The number of ketones is 1. The van der Waals surface area contributed by atoms with Crippen molar-refractivity contribution in [1.29, 1.82) is 0 Å². The van der Waals surface area contributed by atoms with E-state index < -0.39 is 12.6 Å². The van der Waals surface area contributed by atoms with E-state index in [1.165, 1.54) is 0 Å². The Balaban J connectivity index is 1.48. The summed E-state index contributed by atoms with van der Waals surface area (Å²) in [5.41, 5.74) is 1.55. The third kappa shape index (κ3) is 3.08. The van der Waals surface area contributed by atoms with E-state index in [1.54, 1.807) is 50.4 Å². The van der Waals surface area contributed by atoms with Gasteiger partial charge >= 0.3 is 5.97 Å². The van der Waals surface area contributed by atoms with Crippen molar-refractivity contribution in [3.8, 4) is 17.2 Å². The van der Waals surface area contributed by atoms with Gasteiger partial charge in [0.1, 0.15) is 11.3 Å². The summed E-state index contributed by atoms with van der Waals surface area (Å²) in [7, 11) is 1.56. The Morgan fingerprint density at radius 2 is 1.89 bits per heavy atom. The van der Waals surface area contributed by atoms with Crippen LogP contribution in [0.15, 0.2) is 40.8 Å². The highest BCUT2D eigenvalue weighted by Crippen LogP contribution is 2.33. The highest BCUT2D eigenvalue weighted by Gasteiger charge is 2.22. The highest BCUT2D eigenvalue weighted by atomic mass is 16.7. The van der Waals surface area contributed by atoms with E-state index in [0.717, 1.165) is 5.39 Å². The lowest BCUT2D eigenvalue weighted by Gasteiger charge is -2.04. The Kier molecular flexibility index (Phi) is 4.19. The number of carbonyl (C=O) groups excluding carboxylic acids is 2. The number of hydrogen-bond acceptors (Lipinski definition) is 7. The van der Waals surface area contributed by atoms with Crippen LogP contribution in [0.3, 0.4) is 0 Å². The van der Waals surface area contributed by atoms with Crippen LogP contribution >= 0.6 is 0 Å². The van der Waals surface area contributed by atoms with Crippen LogP contribution in [-0.4, -0.2) is 32.3 Å². The smallest absolute Gasteiger partial charge is 0.375 e. The summed E-state index contributed by atoms with van der Waals surface area (Å²) in [5.74, 6) is 0.751. The summed E-state index contributed by atoms with van der Waals surface area (Å²) in [6, 6.07) is 10.1. The second-order valence-corrected chi connectivity index (χ2v) is 5.99. The Bertz CT molecular complexity index is 1050. The third-order valence-corrected chi connectivity index (χ3v) is 4.36. The second-order valence-electron chi connectivity index (χ2n) is 5.99. The van der Waals surface area contributed by atoms with Crippen LogP contribution in [0.4, 0.5) is 0 Å². The Morgan fingerprint density at radius 3 is 2.70 bits per heavy atom. The predicted octanol–water partition coefficient (Wildman–Crippen LogP) is 3.52. The number of furan rings is 1. The molecule has 0 saturated heterocycles. The molecule has 0 bridgehead atoms. The lowest BCUT2D eigenvalue weighted by Crippen LogP contribution is -2.14. The summed E-state index contributed by atoms with van der Waals surface area (Å²) in [5, 5.41) is 0.753. The quantitative estimate of drug-likeness (QED) is 0.503. The van der Waals surface area contributed by atoms with E-state index in [2.05, 4.69) is 0 Å². The Morgan fingerprint density at radius 1 is 1.07 bits per heavy atom. The van der Waals surface area contributed by atoms with Crippen LogP contribution in [0.1, 0.15) is 26.5 Å². The van der Waals surface area contributed by atoms with Crippen molar-refractivity contribution in [2.45, 2.75) is 6.92 Å². The average molecular weight is 368 g/mol. The van der Waals surface area contributed by atoms with Crippen LogP contribution in [0.25, 0.3) is 11.0 Å². The SMILES string of the molecule is COc1ccc2oc(C(=O)OCC(=O)c3ccc4c(c3)OCO4)c(C)c2c1. The molecule has 0 spiro atoms. The Hall–Kier alpha value is -3.48. The van der Waals surface area contributed by atoms with Crippen LogP contribution in [-0.2, 0) is 4.74 Å². The number of esters is 1. The standard InChI is InChI=1S/C20H16O7/c1-11-14-8-13(23-2)4-6-16(14)27-19(11)20(22)24-9-15(21)12-3-5-17-18(7-12)26-10-25-17/h3-8H,9-10H2,1-2H3. The zero-order valence-corrected chi connectivity index (χ0v) is 14.7. The topological polar surface area (TPSA) is 84.2 Å². The monoisotopic (exact) mass is 368 g/mol. The van der Waals surface area contributed by atoms with Crippen molar-refractivity contribution in [3.63, 3.8) is 0 Å². The minimum absolute atomic E-state index is 0.0664. The minimum atomic E-state index is -0.697. The number of fused-ring (bicyclic) bond motifs is 2. The predicted molar refractivity (Wildman–Crippen MR) is 94.7 cm³/mol. The Labute approximate surface area is 154 Å². The molecule has 138 valence electrons. The van der Waals surface area contributed by atoms with Gasteiger partial charge in [0.25, 0.3) is 0 Å². The largest absolute Gasteiger partial charge is 0.497 e. The number of carbonyl (C=O) groups is 2. The highest BCUT2D eigenvalue weighted by molar-refractivity contribution is 6.01. The fourth-order valence-corrected chi connectivity index (χ4v) is 2.87. The summed E-state index contributed by atoms with van der Waals surface area (Å²) in [4.78, 5) is 24.7. The fraction of sp³-hybridized carbons (Fsp3) is 0.200. The molecule has 7 heteroatoms. The first-order valence-electron chi connectivity index (χ1n) is 8.24. The van der Waals surface area contributed by atoms with E-state index in [0.29, 0.717) is 34.0 Å². The molecule has 1 aliphatic heterocycles. The molecule has 4 rings (SSSR count). The molecule has 0 radical (unpaired) electrons. The van der Waals surface area contributed by atoms with Crippen molar-refractivity contribution in [2.75, 3.05) is 20.5 Å². The van der Waals surface area contributed by atoms with Crippen molar-refractivity contribution >= 4 is 22.7 Å². The third-order valence-electron chi connectivity index (χ3n) is 4.36. The van der Waals surface area contributed by atoms with Gasteiger partial charge in [0, 0.05) is 16.5 Å². The molecule has 0 unspecified atom stereocenters. The van der Waals surface area contributed by atoms with Gasteiger partial charge in [-0.15, -0.1) is 0 Å². The zero-order valence-electron chi connectivity index (χ0n) is 14.7. The number of ether oxygens (including phenoxy) is 4. The van der Waals surface area contributed by atoms with E-state index in [4.69, 9.17) is 23.4 Å². The van der Waals surface area contributed by atoms with E-state index in [9.17, 15) is 9.59 Å². The molecule has 2 heterocycles. The average Bonchev–Trinajstić information content (AvgIpc) is 3.29. The number of aryl methyl sites for hydroxylation is 1. The summed E-state index contributed by atoms with van der Waals surface area (Å²) in [6.07, 6.45) is 0. The van der Waals surface area contributed by atoms with Crippen LogP contribution in [0, 0.1) is 6.92 Å². The number of rotatable bonds is 5. The van der Waals surface area contributed by atoms with Crippen molar-refractivity contribution in [3.05, 3.63) is 53.3 Å². The van der Waals surface area contributed by atoms with E-state index in [1.807, 2.05) is 0 Å². The van der Waals surface area contributed by atoms with Gasteiger partial charge in [-0.2, -0.15) is 0 Å². The summed E-state index contributed by atoms with van der Waals surface area (Å²) < 4.78 is 26.4. The molecule has 2 aromatic carbocycles. The fourth-order valence-electron chi connectivity index (χ4n) is 2.87. The van der Waals surface area contributed by atoms with Crippen LogP contribution in [0.5, 0.6) is 17.2 Å². The van der Waals surface area contributed by atoms with Gasteiger partial charge in [-0.1, -0.05) is 0 Å². The van der Waals surface area contributed by atoms with Crippen LogP contribution < -0.4 is 14.2 Å². The number of hydrogen-bond donors (Lipinski definition) is 0. The van der Waals surface area contributed by atoms with Crippen molar-refractivity contribution < 1.29 is 33.0 Å². The summed E-state index contributed by atoms with van der Waals surface area (Å²) in [6.45, 7) is 1.47. The van der Waals surface area contributed by atoms with Crippen molar-refractivity contribution in [2.24, 2.45) is 0 Å². The summed E-state index contributed by atoms with van der Waals surface area (Å²) >= 11 is 0. The van der Waals surface area contributed by atoms with Gasteiger partial charge in [0.2, 0.25) is 12.6 Å². The normalized spacial score (nSPS) is 12.2. The second kappa shape index (κ2) is 6.68. The molecule has 0 aliphatic carbocycles. The number of benzene rings is 2. The number of methoxy groups -OCH3 is 1. The van der Waals surface area contributed by atoms with E-state index >= 15 is 0 Å². The first kappa shape index (κ1) is 17.0. The molecular weight excluding hydrogens is 352 g/mol. The molecule has 3 aromatic rings. The number of Topliss-reactive ketones (excluding diaryl/α,β-unsaturated/α-hetero) is 1. The molecule has 1 aromatic heterocycles. The molecule has 0 N–H and O–H groups in total. The van der Waals surface area contributed by atoms with E-state index in [-0.39, 0.29) is 18.3 Å². The first-order valence-corrected chi connectivity index (χ1v) is 8.24. The maximum Gasteiger partial charge on any atom is 0.375 e. The molecule has 0 fully saturated rings. The maximum atomic E-state index is 12.4.